The predicted octanol–water partition coefficient (Wildman–Crippen LogP) is 3.16. The van der Waals surface area contributed by atoms with Gasteiger partial charge in [-0.3, -0.25) is 9.71 Å². The summed E-state index contributed by atoms with van der Waals surface area (Å²) in [6.07, 6.45) is 2.99. The first-order chi connectivity index (χ1) is 11.9. The number of sulfonamides is 1. The summed E-state index contributed by atoms with van der Waals surface area (Å²) >= 11 is 0. The number of rotatable bonds is 5. The van der Waals surface area contributed by atoms with Crippen LogP contribution in [0.15, 0.2) is 52.1 Å². The van der Waals surface area contributed by atoms with Crippen molar-refractivity contribution >= 4 is 15.7 Å². The third-order valence-electron chi connectivity index (χ3n) is 3.79. The van der Waals surface area contributed by atoms with E-state index in [4.69, 9.17) is 9.26 Å². The lowest BCUT2D eigenvalue weighted by Crippen LogP contribution is -2.14. The molecule has 0 aliphatic carbocycles. The molecular weight excluding hydrogens is 342 g/mol. The molecule has 3 rings (SSSR count). The highest BCUT2D eigenvalue weighted by atomic mass is 32.2. The van der Waals surface area contributed by atoms with Crippen molar-refractivity contribution in [2.75, 3.05) is 11.8 Å². The lowest BCUT2D eigenvalue weighted by atomic mass is 10.1. The van der Waals surface area contributed by atoms with Gasteiger partial charge in [0.1, 0.15) is 10.6 Å². The van der Waals surface area contributed by atoms with Crippen LogP contribution >= 0.6 is 0 Å². The number of hydrogen-bond acceptors (Lipinski definition) is 6. The fourth-order valence-electron chi connectivity index (χ4n) is 2.35. The molecule has 0 amide bonds. The van der Waals surface area contributed by atoms with Crippen molar-refractivity contribution in [3.8, 4) is 17.1 Å². The van der Waals surface area contributed by atoms with Crippen LogP contribution in [0.5, 0.6) is 5.75 Å². The topological polar surface area (TPSA) is 94.3 Å². The second-order valence-corrected chi connectivity index (χ2v) is 7.09. The van der Waals surface area contributed by atoms with Gasteiger partial charge in [0.05, 0.1) is 24.7 Å². The average molecular weight is 359 g/mol. The van der Waals surface area contributed by atoms with Crippen molar-refractivity contribution in [2.24, 2.45) is 0 Å². The number of aromatic nitrogens is 2. The van der Waals surface area contributed by atoms with E-state index < -0.39 is 10.0 Å². The Bertz CT molecular complexity index is 998. The number of ether oxygens (including phenoxy) is 1. The highest BCUT2D eigenvalue weighted by Gasteiger charge is 2.22. The molecule has 0 saturated carbocycles. The Morgan fingerprint density at radius 1 is 1.20 bits per heavy atom. The van der Waals surface area contributed by atoms with E-state index in [9.17, 15) is 8.42 Å². The Labute approximate surface area is 145 Å². The first kappa shape index (κ1) is 17.0. The summed E-state index contributed by atoms with van der Waals surface area (Å²) in [5.41, 5.74) is 2.57. The van der Waals surface area contributed by atoms with E-state index in [1.54, 1.807) is 30.5 Å². The smallest absolute Gasteiger partial charge is 0.265 e. The van der Waals surface area contributed by atoms with Crippen LogP contribution in [0, 0.1) is 13.8 Å². The second kappa shape index (κ2) is 6.56. The van der Waals surface area contributed by atoms with Gasteiger partial charge in [-0.2, -0.15) is 0 Å². The zero-order valence-electron chi connectivity index (χ0n) is 14.0. The average Bonchev–Trinajstić information content (AvgIpc) is 2.94. The quantitative estimate of drug-likeness (QED) is 0.752. The standard InChI is InChI=1S/C17H17N3O4S/c1-11-12(2)19-24-17(11)13-6-7-15(23-3)16(9-13)25(21,22)20-14-5-4-8-18-10-14/h4-10,20H,1-3H3. The van der Waals surface area contributed by atoms with E-state index in [1.165, 1.54) is 19.4 Å². The van der Waals surface area contributed by atoms with Crippen LogP contribution in [-0.2, 0) is 10.0 Å². The summed E-state index contributed by atoms with van der Waals surface area (Å²) in [5, 5.41) is 3.92. The van der Waals surface area contributed by atoms with E-state index in [1.807, 2.05) is 13.8 Å². The number of benzene rings is 1. The summed E-state index contributed by atoms with van der Waals surface area (Å²) in [7, 11) is -2.45. The predicted molar refractivity (Wildman–Crippen MR) is 93.0 cm³/mol. The van der Waals surface area contributed by atoms with Crippen molar-refractivity contribution in [3.63, 3.8) is 0 Å². The molecule has 0 unspecified atom stereocenters. The highest BCUT2D eigenvalue weighted by molar-refractivity contribution is 7.92. The Morgan fingerprint density at radius 3 is 2.60 bits per heavy atom. The van der Waals surface area contributed by atoms with Gasteiger partial charge in [0.15, 0.2) is 5.76 Å². The summed E-state index contributed by atoms with van der Waals surface area (Å²) in [5.74, 6) is 0.756. The van der Waals surface area contributed by atoms with Gasteiger partial charge in [-0.1, -0.05) is 5.16 Å². The molecule has 0 saturated heterocycles. The van der Waals surface area contributed by atoms with Crippen LogP contribution in [0.2, 0.25) is 0 Å². The lowest BCUT2D eigenvalue weighted by Gasteiger charge is -2.12. The fourth-order valence-corrected chi connectivity index (χ4v) is 3.59. The summed E-state index contributed by atoms with van der Waals surface area (Å²) in [4.78, 5) is 3.91. The molecule has 0 radical (unpaired) electrons. The van der Waals surface area contributed by atoms with Crippen LogP contribution < -0.4 is 9.46 Å². The molecule has 2 heterocycles. The Balaban J connectivity index is 2.08. The minimum absolute atomic E-state index is 0.00445. The van der Waals surface area contributed by atoms with Crippen molar-refractivity contribution in [3.05, 3.63) is 54.0 Å². The Hall–Kier alpha value is -2.87. The molecule has 130 valence electrons. The number of nitrogens with zero attached hydrogens (tertiary/aromatic N) is 2. The molecule has 0 aliphatic rings. The maximum Gasteiger partial charge on any atom is 0.265 e. The van der Waals surface area contributed by atoms with Crippen LogP contribution in [0.1, 0.15) is 11.3 Å². The normalized spacial score (nSPS) is 11.3. The minimum atomic E-state index is -3.87. The second-order valence-electron chi connectivity index (χ2n) is 5.43. The summed E-state index contributed by atoms with van der Waals surface area (Å²) < 4.78 is 38.6. The first-order valence-corrected chi connectivity index (χ1v) is 8.95. The first-order valence-electron chi connectivity index (χ1n) is 7.46. The van der Waals surface area contributed by atoms with Crippen molar-refractivity contribution < 1.29 is 17.7 Å². The van der Waals surface area contributed by atoms with Crippen LogP contribution in [-0.4, -0.2) is 25.7 Å². The number of anilines is 1. The zero-order valence-corrected chi connectivity index (χ0v) is 14.8. The number of aryl methyl sites for hydroxylation is 1. The maximum atomic E-state index is 12.8. The third kappa shape index (κ3) is 3.34. The maximum absolute atomic E-state index is 12.8. The molecule has 2 aromatic heterocycles. The van der Waals surface area contributed by atoms with Gasteiger partial charge in [-0.25, -0.2) is 8.42 Å². The van der Waals surface area contributed by atoms with E-state index >= 15 is 0 Å². The fraction of sp³-hybridized carbons (Fsp3) is 0.176. The van der Waals surface area contributed by atoms with Gasteiger partial charge in [0.25, 0.3) is 10.0 Å². The summed E-state index contributed by atoms with van der Waals surface area (Å²) in [6.45, 7) is 3.70. The number of pyridine rings is 1. The van der Waals surface area contributed by atoms with Crippen molar-refractivity contribution in [2.45, 2.75) is 18.7 Å². The minimum Gasteiger partial charge on any atom is -0.495 e. The molecule has 0 bridgehead atoms. The molecule has 0 aliphatic heterocycles. The van der Waals surface area contributed by atoms with Gasteiger partial charge < -0.3 is 9.26 Å². The van der Waals surface area contributed by atoms with E-state index in [-0.39, 0.29) is 10.6 Å². The molecule has 1 aromatic carbocycles. The van der Waals surface area contributed by atoms with Crippen molar-refractivity contribution in [1.29, 1.82) is 0 Å². The Kier molecular flexibility index (Phi) is 4.45. The third-order valence-corrected chi connectivity index (χ3v) is 5.19. The largest absolute Gasteiger partial charge is 0.495 e. The zero-order chi connectivity index (χ0) is 18.0. The highest BCUT2D eigenvalue weighted by Crippen LogP contribution is 2.33. The molecule has 0 fully saturated rings. The van der Waals surface area contributed by atoms with Crippen LogP contribution in [0.25, 0.3) is 11.3 Å². The Morgan fingerprint density at radius 2 is 2.00 bits per heavy atom. The summed E-state index contributed by atoms with van der Waals surface area (Å²) in [6, 6.07) is 8.08. The van der Waals surface area contributed by atoms with E-state index in [0.717, 1.165) is 11.3 Å². The van der Waals surface area contributed by atoms with Gasteiger partial charge in [0.2, 0.25) is 0 Å². The van der Waals surface area contributed by atoms with Crippen LogP contribution in [0.4, 0.5) is 5.69 Å². The van der Waals surface area contributed by atoms with Crippen molar-refractivity contribution in [1.82, 2.24) is 10.1 Å². The monoisotopic (exact) mass is 359 g/mol. The molecule has 7 nitrogen and oxygen atoms in total. The number of nitrogens with one attached hydrogen (secondary N) is 1. The van der Waals surface area contributed by atoms with Gasteiger partial charge in [-0.05, 0) is 44.2 Å². The number of methoxy groups -OCH3 is 1. The molecule has 1 N–H and O–H groups in total. The molecule has 0 atom stereocenters. The van der Waals surface area contributed by atoms with E-state index in [0.29, 0.717) is 17.0 Å². The molecule has 8 heteroatoms. The number of hydrogen-bond donors (Lipinski definition) is 1. The molecular formula is C17H17N3O4S. The van der Waals surface area contributed by atoms with Gasteiger partial charge >= 0.3 is 0 Å². The van der Waals surface area contributed by atoms with E-state index in [2.05, 4.69) is 14.9 Å². The SMILES string of the molecule is COc1ccc(-c2onc(C)c2C)cc1S(=O)(=O)Nc1cccnc1. The van der Waals surface area contributed by atoms with Gasteiger partial charge in [0, 0.05) is 17.3 Å². The molecule has 0 spiro atoms. The molecule has 3 aromatic rings. The molecule has 25 heavy (non-hydrogen) atoms. The lowest BCUT2D eigenvalue weighted by molar-refractivity contribution is 0.402. The van der Waals surface area contributed by atoms with Crippen LogP contribution in [0.3, 0.4) is 0 Å². The van der Waals surface area contributed by atoms with Gasteiger partial charge in [-0.15, -0.1) is 0 Å².